The SMILES string of the molecule is Cn1ccc(C(=O)Nc2ccc(F)nc2F)n1. The van der Waals surface area contributed by atoms with E-state index >= 15 is 0 Å². The largest absolute Gasteiger partial charge is 0.317 e. The topological polar surface area (TPSA) is 59.8 Å². The first kappa shape index (κ1) is 11.2. The van der Waals surface area contributed by atoms with E-state index in [0.29, 0.717) is 0 Å². The van der Waals surface area contributed by atoms with Gasteiger partial charge < -0.3 is 5.32 Å². The lowest BCUT2D eigenvalue weighted by molar-refractivity contribution is 0.102. The van der Waals surface area contributed by atoms with Crippen LogP contribution in [0.15, 0.2) is 24.4 Å². The van der Waals surface area contributed by atoms with Gasteiger partial charge in [-0.2, -0.15) is 18.9 Å². The first-order chi connectivity index (χ1) is 8.06. The normalized spacial score (nSPS) is 10.3. The molecule has 0 saturated heterocycles. The molecular formula is C10H8F2N4O. The van der Waals surface area contributed by atoms with Crippen molar-refractivity contribution in [3.8, 4) is 0 Å². The summed E-state index contributed by atoms with van der Waals surface area (Å²) in [4.78, 5) is 14.5. The number of halogens is 2. The molecule has 2 rings (SSSR count). The Hall–Kier alpha value is -2.31. The fraction of sp³-hybridized carbons (Fsp3) is 0.100. The molecule has 0 aliphatic heterocycles. The maximum atomic E-state index is 13.1. The molecule has 0 saturated carbocycles. The smallest absolute Gasteiger partial charge is 0.276 e. The highest BCUT2D eigenvalue weighted by Gasteiger charge is 2.12. The van der Waals surface area contributed by atoms with Crippen LogP contribution in [0.4, 0.5) is 14.5 Å². The minimum absolute atomic E-state index is 0.135. The van der Waals surface area contributed by atoms with E-state index in [1.807, 2.05) is 0 Å². The van der Waals surface area contributed by atoms with E-state index in [0.717, 1.165) is 12.1 Å². The Balaban J connectivity index is 2.18. The Morgan fingerprint density at radius 2 is 2.12 bits per heavy atom. The number of carbonyl (C=O) groups excluding carboxylic acids is 1. The lowest BCUT2D eigenvalue weighted by atomic mass is 10.3. The van der Waals surface area contributed by atoms with Gasteiger partial charge in [-0.3, -0.25) is 9.48 Å². The fourth-order valence-corrected chi connectivity index (χ4v) is 1.23. The zero-order valence-electron chi connectivity index (χ0n) is 8.82. The van der Waals surface area contributed by atoms with Gasteiger partial charge in [0.05, 0.1) is 5.69 Å². The molecule has 0 spiro atoms. The number of hydrogen-bond donors (Lipinski definition) is 1. The number of nitrogens with one attached hydrogen (secondary N) is 1. The van der Waals surface area contributed by atoms with Crippen molar-refractivity contribution in [3.05, 3.63) is 42.0 Å². The fourth-order valence-electron chi connectivity index (χ4n) is 1.23. The molecule has 2 aromatic heterocycles. The van der Waals surface area contributed by atoms with E-state index in [1.165, 1.54) is 10.7 Å². The van der Waals surface area contributed by atoms with Crippen molar-refractivity contribution in [2.45, 2.75) is 0 Å². The van der Waals surface area contributed by atoms with Crippen LogP contribution in [0, 0.1) is 11.9 Å². The number of pyridine rings is 1. The van der Waals surface area contributed by atoms with Crippen molar-refractivity contribution in [2.75, 3.05) is 5.32 Å². The van der Waals surface area contributed by atoms with Gasteiger partial charge in [-0.25, -0.2) is 0 Å². The molecule has 0 atom stereocenters. The number of anilines is 1. The molecule has 0 radical (unpaired) electrons. The zero-order chi connectivity index (χ0) is 12.4. The third-order valence-electron chi connectivity index (χ3n) is 2.01. The molecule has 0 unspecified atom stereocenters. The van der Waals surface area contributed by atoms with Crippen LogP contribution in [0.25, 0.3) is 0 Å². The monoisotopic (exact) mass is 238 g/mol. The summed E-state index contributed by atoms with van der Waals surface area (Å²) in [5.41, 5.74) is -0.0571. The first-order valence-corrected chi connectivity index (χ1v) is 4.69. The molecule has 1 amide bonds. The molecule has 2 aromatic rings. The number of rotatable bonds is 2. The van der Waals surface area contributed by atoms with Crippen molar-refractivity contribution in [2.24, 2.45) is 7.05 Å². The summed E-state index contributed by atoms with van der Waals surface area (Å²) in [6, 6.07) is 3.53. The lowest BCUT2D eigenvalue weighted by Gasteiger charge is -2.03. The summed E-state index contributed by atoms with van der Waals surface area (Å²) in [5, 5.41) is 6.09. The molecule has 17 heavy (non-hydrogen) atoms. The van der Waals surface area contributed by atoms with Crippen LogP contribution in [0.5, 0.6) is 0 Å². The third kappa shape index (κ3) is 2.44. The molecule has 0 fully saturated rings. The molecule has 5 nitrogen and oxygen atoms in total. The van der Waals surface area contributed by atoms with Crippen LogP contribution in [0.3, 0.4) is 0 Å². The molecule has 0 aliphatic rings. The molecule has 7 heteroatoms. The van der Waals surface area contributed by atoms with E-state index in [1.54, 1.807) is 13.2 Å². The molecule has 88 valence electrons. The van der Waals surface area contributed by atoms with Crippen molar-refractivity contribution < 1.29 is 13.6 Å². The van der Waals surface area contributed by atoms with E-state index in [9.17, 15) is 13.6 Å². The highest BCUT2D eigenvalue weighted by atomic mass is 19.1. The maximum Gasteiger partial charge on any atom is 0.276 e. The van der Waals surface area contributed by atoms with Crippen LogP contribution in [-0.4, -0.2) is 20.7 Å². The van der Waals surface area contributed by atoms with Gasteiger partial charge in [0.2, 0.25) is 11.9 Å². The Morgan fingerprint density at radius 3 is 2.71 bits per heavy atom. The molecule has 0 aliphatic carbocycles. The highest BCUT2D eigenvalue weighted by Crippen LogP contribution is 2.12. The summed E-state index contributed by atoms with van der Waals surface area (Å²) in [7, 11) is 1.65. The van der Waals surface area contributed by atoms with Crippen molar-refractivity contribution in [1.82, 2.24) is 14.8 Å². The standard InChI is InChI=1S/C10H8F2N4O/c1-16-5-4-7(15-16)10(17)13-6-2-3-8(11)14-9(6)12/h2-5H,1H3,(H,13,17). The summed E-state index contributed by atoms with van der Waals surface area (Å²) < 4.78 is 27.1. The van der Waals surface area contributed by atoms with Crippen LogP contribution in [0.1, 0.15) is 10.5 Å². The Kier molecular flexibility index (Phi) is 2.82. The number of carbonyl (C=O) groups is 1. The Bertz CT molecular complexity index is 567. The van der Waals surface area contributed by atoms with Gasteiger partial charge in [0.25, 0.3) is 5.91 Å². The second kappa shape index (κ2) is 4.28. The minimum Gasteiger partial charge on any atom is -0.317 e. The molecule has 1 N–H and O–H groups in total. The predicted molar refractivity (Wildman–Crippen MR) is 55.3 cm³/mol. The number of aromatic nitrogens is 3. The van der Waals surface area contributed by atoms with Crippen molar-refractivity contribution in [3.63, 3.8) is 0 Å². The highest BCUT2D eigenvalue weighted by molar-refractivity contribution is 6.02. The van der Waals surface area contributed by atoms with E-state index in [2.05, 4.69) is 15.4 Å². The van der Waals surface area contributed by atoms with Gasteiger partial charge >= 0.3 is 0 Å². The van der Waals surface area contributed by atoms with Crippen LogP contribution in [0.2, 0.25) is 0 Å². The summed E-state index contributed by atoms with van der Waals surface area (Å²) in [6.45, 7) is 0. The number of aryl methyl sites for hydroxylation is 1. The average Bonchev–Trinajstić information content (AvgIpc) is 2.69. The zero-order valence-corrected chi connectivity index (χ0v) is 8.82. The van der Waals surface area contributed by atoms with Gasteiger partial charge in [0.15, 0.2) is 5.69 Å². The summed E-state index contributed by atoms with van der Waals surface area (Å²) in [6.07, 6.45) is 1.58. The number of hydrogen-bond acceptors (Lipinski definition) is 3. The van der Waals surface area contributed by atoms with Gasteiger partial charge in [-0.1, -0.05) is 0 Å². The van der Waals surface area contributed by atoms with Crippen molar-refractivity contribution in [1.29, 1.82) is 0 Å². The maximum absolute atomic E-state index is 13.1. The summed E-state index contributed by atoms with van der Waals surface area (Å²) >= 11 is 0. The lowest BCUT2D eigenvalue weighted by Crippen LogP contribution is -2.14. The molecule has 0 aromatic carbocycles. The quantitative estimate of drug-likeness (QED) is 0.803. The minimum atomic E-state index is -1.07. The predicted octanol–water partition coefficient (Wildman–Crippen LogP) is 1.35. The summed E-state index contributed by atoms with van der Waals surface area (Å²) in [5.74, 6) is -2.61. The number of nitrogens with zero attached hydrogens (tertiary/aromatic N) is 3. The molecular weight excluding hydrogens is 230 g/mol. The van der Waals surface area contributed by atoms with Crippen LogP contribution < -0.4 is 5.32 Å². The second-order valence-corrected chi connectivity index (χ2v) is 3.30. The van der Waals surface area contributed by atoms with Gasteiger partial charge in [-0.05, 0) is 18.2 Å². The number of amides is 1. The average molecular weight is 238 g/mol. The second-order valence-electron chi connectivity index (χ2n) is 3.30. The molecule has 2 heterocycles. The third-order valence-corrected chi connectivity index (χ3v) is 2.01. The molecule has 0 bridgehead atoms. The Morgan fingerprint density at radius 1 is 1.35 bits per heavy atom. The van der Waals surface area contributed by atoms with Crippen molar-refractivity contribution >= 4 is 11.6 Å². The van der Waals surface area contributed by atoms with E-state index < -0.39 is 17.8 Å². The Labute approximate surface area is 95.1 Å². The van der Waals surface area contributed by atoms with Crippen LogP contribution in [-0.2, 0) is 7.05 Å². The van der Waals surface area contributed by atoms with E-state index in [-0.39, 0.29) is 11.4 Å². The van der Waals surface area contributed by atoms with Gasteiger partial charge in [0.1, 0.15) is 0 Å². The first-order valence-electron chi connectivity index (χ1n) is 4.69. The van der Waals surface area contributed by atoms with Crippen LogP contribution >= 0.6 is 0 Å². The van der Waals surface area contributed by atoms with E-state index in [4.69, 9.17) is 0 Å². The van der Waals surface area contributed by atoms with Gasteiger partial charge in [0, 0.05) is 13.2 Å². The van der Waals surface area contributed by atoms with Gasteiger partial charge in [-0.15, -0.1) is 0 Å².